The predicted molar refractivity (Wildman–Crippen MR) is 129 cm³/mol. The molecule has 4 rings (SSSR count). The molecule has 1 aromatic carbocycles. The second kappa shape index (κ2) is 10.5. The van der Waals surface area contributed by atoms with E-state index >= 15 is 0 Å². The van der Waals surface area contributed by atoms with Crippen LogP contribution in [0, 0.1) is 12.7 Å². The molecule has 0 bridgehead atoms. The smallest absolute Gasteiger partial charge is 0.239 e. The number of rotatable bonds is 9. The number of benzene rings is 1. The molecule has 0 spiro atoms. The van der Waals surface area contributed by atoms with E-state index in [4.69, 9.17) is 9.47 Å². The van der Waals surface area contributed by atoms with Crippen LogP contribution in [-0.4, -0.2) is 49.2 Å². The van der Waals surface area contributed by atoms with E-state index in [9.17, 15) is 4.39 Å². The minimum atomic E-state index is -0.459. The van der Waals surface area contributed by atoms with E-state index in [0.717, 1.165) is 11.1 Å². The molecule has 0 saturated carbocycles. The van der Waals surface area contributed by atoms with E-state index in [1.165, 1.54) is 24.3 Å². The maximum absolute atomic E-state index is 13.1. The quantitative estimate of drug-likeness (QED) is 0.351. The summed E-state index contributed by atoms with van der Waals surface area (Å²) in [5, 5.41) is 8.90. The van der Waals surface area contributed by atoms with E-state index < -0.39 is 5.82 Å². The summed E-state index contributed by atoms with van der Waals surface area (Å²) in [6, 6.07) is 7.54. The zero-order valence-corrected chi connectivity index (χ0v) is 20.0. The van der Waals surface area contributed by atoms with Gasteiger partial charge in [-0.2, -0.15) is 0 Å². The molecular weight excluding hydrogens is 457 g/mol. The molecular formula is C23H24FN7O2S. The summed E-state index contributed by atoms with van der Waals surface area (Å²) in [4.78, 5) is 12.4. The molecule has 0 aliphatic carbocycles. The van der Waals surface area contributed by atoms with Crippen molar-refractivity contribution in [2.75, 3.05) is 18.9 Å². The maximum atomic E-state index is 13.1. The lowest BCUT2D eigenvalue weighted by molar-refractivity contribution is 0.391. The summed E-state index contributed by atoms with van der Waals surface area (Å²) in [6.07, 6.45) is 6.39. The van der Waals surface area contributed by atoms with E-state index in [0.29, 0.717) is 41.2 Å². The molecule has 1 unspecified atom stereocenters. The van der Waals surface area contributed by atoms with E-state index in [1.807, 2.05) is 42.7 Å². The highest BCUT2D eigenvalue weighted by molar-refractivity contribution is 8.01. The number of aromatic nitrogens is 6. The van der Waals surface area contributed by atoms with Crippen LogP contribution in [0.1, 0.15) is 18.3 Å². The monoisotopic (exact) mass is 481 g/mol. The molecule has 1 N–H and O–H groups in total. The van der Waals surface area contributed by atoms with E-state index in [2.05, 4.69) is 29.9 Å². The first-order valence-corrected chi connectivity index (χ1v) is 11.3. The number of nitrogens with one attached hydrogen (secondary N) is 1. The van der Waals surface area contributed by atoms with Crippen LogP contribution in [-0.2, 0) is 6.42 Å². The molecule has 0 aliphatic heterocycles. The Hall–Kier alpha value is -3.73. The number of methoxy groups -OCH3 is 2. The van der Waals surface area contributed by atoms with Crippen LogP contribution in [0.15, 0.2) is 49.1 Å². The van der Waals surface area contributed by atoms with Crippen molar-refractivity contribution in [3.63, 3.8) is 0 Å². The van der Waals surface area contributed by atoms with Crippen molar-refractivity contribution in [1.29, 1.82) is 0 Å². The van der Waals surface area contributed by atoms with Gasteiger partial charge in [0.05, 0.1) is 26.6 Å². The van der Waals surface area contributed by atoms with Gasteiger partial charge in [-0.05, 0) is 42.6 Å². The van der Waals surface area contributed by atoms with Crippen LogP contribution in [0.5, 0.6) is 11.5 Å². The first-order chi connectivity index (χ1) is 16.5. The van der Waals surface area contributed by atoms with Crippen LogP contribution < -0.4 is 14.2 Å². The number of halogens is 1. The second-order valence-electron chi connectivity index (χ2n) is 7.50. The fourth-order valence-electron chi connectivity index (χ4n) is 3.37. The molecule has 9 nitrogen and oxygen atoms in total. The molecule has 0 radical (unpaired) electrons. The van der Waals surface area contributed by atoms with Crippen molar-refractivity contribution >= 4 is 17.9 Å². The van der Waals surface area contributed by atoms with Gasteiger partial charge in [0.15, 0.2) is 11.6 Å². The highest BCUT2D eigenvalue weighted by Gasteiger charge is 2.23. The number of aryl methyl sites for hydroxylation is 1. The molecule has 3 aromatic heterocycles. The fraction of sp³-hybridized carbons (Fsp3) is 0.261. The van der Waals surface area contributed by atoms with Crippen molar-refractivity contribution in [3.8, 4) is 28.6 Å². The second-order valence-corrected chi connectivity index (χ2v) is 8.74. The minimum Gasteiger partial charge on any atom is -0.494 e. The fourth-order valence-corrected chi connectivity index (χ4v) is 4.05. The zero-order chi connectivity index (χ0) is 24.1. The van der Waals surface area contributed by atoms with Crippen LogP contribution >= 0.6 is 11.9 Å². The number of hydrogen-bond donors (Lipinski definition) is 1. The number of para-hydroxylation sites is 1. The topological polar surface area (TPSA) is 99.9 Å². The van der Waals surface area contributed by atoms with Gasteiger partial charge >= 0.3 is 0 Å². The Morgan fingerprint density at radius 2 is 1.76 bits per heavy atom. The van der Waals surface area contributed by atoms with E-state index in [-0.39, 0.29) is 5.25 Å². The first-order valence-electron chi connectivity index (χ1n) is 10.5. The summed E-state index contributed by atoms with van der Waals surface area (Å²) in [5.74, 6) is 2.36. The van der Waals surface area contributed by atoms with Gasteiger partial charge in [0.2, 0.25) is 5.95 Å². The Labute approximate surface area is 200 Å². The number of pyridine rings is 1. The molecule has 0 amide bonds. The third kappa shape index (κ3) is 5.09. The summed E-state index contributed by atoms with van der Waals surface area (Å²) in [6.45, 7) is 3.98. The Balaban J connectivity index is 1.70. The molecule has 4 aromatic rings. The van der Waals surface area contributed by atoms with Crippen LogP contribution in [0.4, 0.5) is 10.3 Å². The molecule has 0 aliphatic rings. The van der Waals surface area contributed by atoms with E-state index in [1.54, 1.807) is 26.6 Å². The summed E-state index contributed by atoms with van der Waals surface area (Å²) < 4.78 is 29.5. The molecule has 0 fully saturated rings. The molecule has 0 saturated heterocycles. The van der Waals surface area contributed by atoms with Gasteiger partial charge in [-0.3, -0.25) is 14.3 Å². The van der Waals surface area contributed by atoms with Crippen molar-refractivity contribution in [2.45, 2.75) is 25.5 Å². The molecule has 11 heteroatoms. The molecule has 34 heavy (non-hydrogen) atoms. The van der Waals surface area contributed by atoms with Crippen molar-refractivity contribution in [2.24, 2.45) is 0 Å². The average Bonchev–Trinajstić information content (AvgIpc) is 3.27. The SMILES string of the molecule is COc1cccc(OC)c1-n1c(NSC(C)Cc2ncc(F)cn2)nnc1-c1cncc(C)c1. The Bertz CT molecular complexity index is 1240. The zero-order valence-electron chi connectivity index (χ0n) is 19.2. The molecule has 3 heterocycles. The van der Waals surface area contributed by atoms with Crippen molar-refractivity contribution in [3.05, 3.63) is 66.3 Å². The lowest BCUT2D eigenvalue weighted by atomic mass is 10.2. The molecule has 176 valence electrons. The van der Waals surface area contributed by atoms with Gasteiger partial charge in [-0.25, -0.2) is 14.4 Å². The van der Waals surface area contributed by atoms with Gasteiger partial charge in [0, 0.05) is 29.6 Å². The molecule has 1 atom stereocenters. The van der Waals surface area contributed by atoms with Crippen LogP contribution in [0.25, 0.3) is 17.1 Å². The van der Waals surface area contributed by atoms with Gasteiger partial charge < -0.3 is 9.47 Å². The largest absolute Gasteiger partial charge is 0.494 e. The van der Waals surface area contributed by atoms with Gasteiger partial charge in [0.25, 0.3) is 0 Å². The van der Waals surface area contributed by atoms with Crippen molar-refractivity contribution in [1.82, 2.24) is 29.7 Å². The minimum absolute atomic E-state index is 0.0549. The third-order valence-corrected chi connectivity index (χ3v) is 5.79. The summed E-state index contributed by atoms with van der Waals surface area (Å²) in [5.41, 5.74) is 2.45. The van der Waals surface area contributed by atoms with Gasteiger partial charge in [-0.1, -0.05) is 13.0 Å². The highest BCUT2D eigenvalue weighted by atomic mass is 32.2. The Morgan fingerprint density at radius 1 is 1.06 bits per heavy atom. The average molecular weight is 482 g/mol. The van der Waals surface area contributed by atoms with Crippen LogP contribution in [0.2, 0.25) is 0 Å². The first kappa shape index (κ1) is 23.4. The highest BCUT2D eigenvalue weighted by Crippen LogP contribution is 2.38. The number of nitrogens with zero attached hydrogens (tertiary/aromatic N) is 6. The number of hydrogen-bond acceptors (Lipinski definition) is 9. The maximum Gasteiger partial charge on any atom is 0.239 e. The van der Waals surface area contributed by atoms with Crippen molar-refractivity contribution < 1.29 is 13.9 Å². The summed E-state index contributed by atoms with van der Waals surface area (Å²) >= 11 is 1.43. The van der Waals surface area contributed by atoms with Gasteiger partial charge in [-0.15, -0.1) is 10.2 Å². The number of ether oxygens (including phenoxy) is 2. The third-order valence-electron chi connectivity index (χ3n) is 4.92. The van der Waals surface area contributed by atoms with Gasteiger partial charge in [0.1, 0.15) is 23.0 Å². The van der Waals surface area contributed by atoms with Crippen LogP contribution in [0.3, 0.4) is 0 Å². The Morgan fingerprint density at radius 3 is 2.41 bits per heavy atom. The predicted octanol–water partition coefficient (Wildman–Crippen LogP) is 4.28. The normalized spacial score (nSPS) is 11.8. The standard InChI is InChI=1S/C23H24FN7O2S/c1-14-8-16(11-25-10-14)22-28-29-23(30-34-15(2)9-20-26-12-17(24)13-27-20)31(22)21-18(32-3)6-5-7-19(21)33-4/h5-8,10-13,15H,9H2,1-4H3,(H,29,30). The Kier molecular flexibility index (Phi) is 7.21. The lowest BCUT2D eigenvalue weighted by Crippen LogP contribution is -2.11. The number of anilines is 1. The lowest BCUT2D eigenvalue weighted by Gasteiger charge is -2.18. The summed E-state index contributed by atoms with van der Waals surface area (Å²) in [7, 11) is 3.20.